The number of ether oxygens (including phenoxy) is 1. The van der Waals surface area contributed by atoms with Gasteiger partial charge in [-0.3, -0.25) is 4.98 Å². The lowest BCUT2D eigenvalue weighted by Crippen LogP contribution is -2.10. The molecule has 0 fully saturated rings. The normalized spacial score (nSPS) is 18.8. The summed E-state index contributed by atoms with van der Waals surface area (Å²) in [6.07, 6.45) is 8.59. The fraction of sp³-hybridized carbons (Fsp3) is 0.615. The van der Waals surface area contributed by atoms with Gasteiger partial charge in [0.1, 0.15) is 5.75 Å². The lowest BCUT2D eigenvalue weighted by Gasteiger charge is -2.22. The van der Waals surface area contributed by atoms with E-state index in [-0.39, 0.29) is 0 Å². The number of thioether (sulfide) groups is 1. The molecule has 1 aromatic heterocycles. The highest BCUT2D eigenvalue weighted by atomic mass is 79.9. The summed E-state index contributed by atoms with van der Waals surface area (Å²) in [5.74, 6) is 2.20. The van der Waals surface area contributed by atoms with E-state index in [4.69, 9.17) is 4.74 Å². The third kappa shape index (κ3) is 3.38. The highest BCUT2D eigenvalue weighted by Gasteiger charge is 2.21. The van der Waals surface area contributed by atoms with Crippen molar-refractivity contribution in [2.45, 2.75) is 30.5 Å². The molecule has 1 atom stereocenters. The van der Waals surface area contributed by atoms with Crippen molar-refractivity contribution < 1.29 is 4.74 Å². The number of rotatable bonds is 5. The van der Waals surface area contributed by atoms with Gasteiger partial charge < -0.3 is 4.74 Å². The van der Waals surface area contributed by atoms with Crippen molar-refractivity contribution in [3.8, 4) is 5.75 Å². The largest absolute Gasteiger partial charge is 0.493 e. The summed E-state index contributed by atoms with van der Waals surface area (Å²) >= 11 is 5.56. The van der Waals surface area contributed by atoms with Crippen molar-refractivity contribution >= 4 is 27.7 Å². The minimum atomic E-state index is 0.404. The smallest absolute Gasteiger partial charge is 0.125 e. The number of hydrogen-bond acceptors (Lipinski definition) is 3. The van der Waals surface area contributed by atoms with Crippen molar-refractivity contribution in [3.05, 3.63) is 23.5 Å². The molecule has 94 valence electrons. The Labute approximate surface area is 116 Å². The average Bonchev–Trinajstić information content (AvgIpc) is 2.36. The summed E-state index contributed by atoms with van der Waals surface area (Å²) in [4.78, 5) is 4.88. The standard InChI is InChI=1S/C13H18BrNOS/c1-17-9-3-8-16-12-6-7-15-13-10(12)4-2-5-11(13)14/h6-7,11H,2-5,8-9H2,1H3. The second-order valence-electron chi connectivity index (χ2n) is 4.23. The van der Waals surface area contributed by atoms with Gasteiger partial charge in [0.2, 0.25) is 0 Å². The molecule has 2 rings (SSSR count). The zero-order chi connectivity index (χ0) is 12.1. The fourth-order valence-corrected chi connectivity index (χ4v) is 3.25. The molecule has 1 unspecified atom stereocenters. The van der Waals surface area contributed by atoms with Gasteiger partial charge in [0.15, 0.2) is 0 Å². The molecule has 2 nitrogen and oxygen atoms in total. The maximum atomic E-state index is 5.88. The Kier molecular flexibility index (Phi) is 5.16. The van der Waals surface area contributed by atoms with Crippen LogP contribution in [0.2, 0.25) is 0 Å². The van der Waals surface area contributed by atoms with Gasteiger partial charge in [0.25, 0.3) is 0 Å². The number of hydrogen-bond donors (Lipinski definition) is 0. The minimum absolute atomic E-state index is 0.404. The second kappa shape index (κ2) is 6.64. The number of pyridine rings is 1. The van der Waals surface area contributed by atoms with Gasteiger partial charge in [-0.05, 0) is 43.8 Å². The van der Waals surface area contributed by atoms with Crippen LogP contribution >= 0.6 is 27.7 Å². The topological polar surface area (TPSA) is 22.1 Å². The van der Waals surface area contributed by atoms with E-state index in [1.165, 1.54) is 24.1 Å². The van der Waals surface area contributed by atoms with Gasteiger partial charge in [-0.25, -0.2) is 0 Å². The summed E-state index contributed by atoms with van der Waals surface area (Å²) < 4.78 is 5.88. The number of nitrogens with zero attached hydrogens (tertiary/aromatic N) is 1. The first-order valence-electron chi connectivity index (χ1n) is 6.06. The van der Waals surface area contributed by atoms with Crippen LogP contribution in [0.15, 0.2) is 12.3 Å². The monoisotopic (exact) mass is 315 g/mol. The quantitative estimate of drug-likeness (QED) is 0.606. The first-order valence-corrected chi connectivity index (χ1v) is 8.37. The van der Waals surface area contributed by atoms with Crippen LogP contribution in [0, 0.1) is 0 Å². The van der Waals surface area contributed by atoms with Crippen LogP contribution in [0.1, 0.15) is 35.3 Å². The molecule has 0 radical (unpaired) electrons. The summed E-state index contributed by atoms with van der Waals surface area (Å²) in [6, 6.07) is 2.00. The Morgan fingerprint density at radius 2 is 2.47 bits per heavy atom. The predicted molar refractivity (Wildman–Crippen MR) is 77.3 cm³/mol. The van der Waals surface area contributed by atoms with Crippen LogP contribution in [0.25, 0.3) is 0 Å². The molecular weight excluding hydrogens is 298 g/mol. The Morgan fingerprint density at radius 1 is 1.59 bits per heavy atom. The van der Waals surface area contributed by atoms with Gasteiger partial charge in [-0.15, -0.1) is 0 Å². The molecule has 4 heteroatoms. The van der Waals surface area contributed by atoms with Gasteiger partial charge in [-0.2, -0.15) is 11.8 Å². The van der Waals surface area contributed by atoms with Crippen LogP contribution in [0.3, 0.4) is 0 Å². The summed E-state index contributed by atoms with van der Waals surface area (Å²) in [5.41, 5.74) is 2.49. The molecule has 0 amide bonds. The fourth-order valence-electron chi connectivity index (χ4n) is 2.13. The maximum absolute atomic E-state index is 5.88. The van der Waals surface area contributed by atoms with E-state index in [1.54, 1.807) is 0 Å². The van der Waals surface area contributed by atoms with Crippen molar-refractivity contribution in [1.82, 2.24) is 4.98 Å². The van der Waals surface area contributed by atoms with Gasteiger partial charge in [0.05, 0.1) is 17.1 Å². The maximum Gasteiger partial charge on any atom is 0.125 e. The number of fused-ring (bicyclic) bond motifs is 1. The van der Waals surface area contributed by atoms with Crippen molar-refractivity contribution in [2.24, 2.45) is 0 Å². The molecule has 0 aliphatic heterocycles. The zero-order valence-corrected chi connectivity index (χ0v) is 12.5. The third-order valence-corrected chi connectivity index (χ3v) is 4.57. The Morgan fingerprint density at radius 3 is 3.29 bits per heavy atom. The van der Waals surface area contributed by atoms with Gasteiger partial charge in [0, 0.05) is 11.8 Å². The molecule has 0 aromatic carbocycles. The predicted octanol–water partition coefficient (Wildman–Crippen LogP) is 3.99. The molecule has 17 heavy (non-hydrogen) atoms. The van der Waals surface area contributed by atoms with E-state index < -0.39 is 0 Å². The highest BCUT2D eigenvalue weighted by molar-refractivity contribution is 9.09. The van der Waals surface area contributed by atoms with Crippen LogP contribution in [0.5, 0.6) is 5.75 Å². The van der Waals surface area contributed by atoms with Gasteiger partial charge in [-0.1, -0.05) is 15.9 Å². The lowest BCUT2D eigenvalue weighted by molar-refractivity contribution is 0.313. The van der Waals surface area contributed by atoms with E-state index in [9.17, 15) is 0 Å². The molecule has 1 aromatic rings. The molecular formula is C13H18BrNOS. The van der Waals surface area contributed by atoms with Crippen LogP contribution in [0.4, 0.5) is 0 Å². The second-order valence-corrected chi connectivity index (χ2v) is 6.32. The van der Waals surface area contributed by atoms with Crippen LogP contribution in [-0.4, -0.2) is 23.6 Å². The SMILES string of the molecule is CSCCCOc1ccnc2c1CCCC2Br. The Bertz CT molecular complexity index is 372. The zero-order valence-electron chi connectivity index (χ0n) is 10.1. The van der Waals surface area contributed by atoms with E-state index in [2.05, 4.69) is 27.2 Å². The molecule has 0 spiro atoms. The first-order chi connectivity index (χ1) is 8.33. The number of aromatic nitrogens is 1. The molecule has 0 bridgehead atoms. The number of halogens is 1. The molecule has 0 saturated heterocycles. The number of alkyl halides is 1. The molecule has 0 saturated carbocycles. The average molecular weight is 316 g/mol. The summed E-state index contributed by atoms with van der Waals surface area (Å²) in [6.45, 7) is 0.810. The van der Waals surface area contributed by atoms with E-state index in [1.807, 2.05) is 24.0 Å². The molecule has 0 N–H and O–H groups in total. The van der Waals surface area contributed by atoms with Crippen molar-refractivity contribution in [2.75, 3.05) is 18.6 Å². The highest BCUT2D eigenvalue weighted by Crippen LogP contribution is 2.38. The summed E-state index contributed by atoms with van der Waals surface area (Å²) in [7, 11) is 0. The first kappa shape index (κ1) is 13.2. The van der Waals surface area contributed by atoms with Crippen LogP contribution in [-0.2, 0) is 6.42 Å². The van der Waals surface area contributed by atoms with E-state index >= 15 is 0 Å². The van der Waals surface area contributed by atoms with E-state index in [0.717, 1.165) is 31.0 Å². The third-order valence-electron chi connectivity index (χ3n) is 2.98. The minimum Gasteiger partial charge on any atom is -0.493 e. The van der Waals surface area contributed by atoms with Crippen LogP contribution < -0.4 is 4.74 Å². The van der Waals surface area contributed by atoms with Crippen molar-refractivity contribution in [1.29, 1.82) is 0 Å². The van der Waals surface area contributed by atoms with E-state index in [0.29, 0.717) is 4.83 Å². The summed E-state index contributed by atoms with van der Waals surface area (Å²) in [5, 5.41) is 0. The molecule has 1 aliphatic rings. The molecule has 1 heterocycles. The van der Waals surface area contributed by atoms with Gasteiger partial charge >= 0.3 is 0 Å². The Balaban J connectivity index is 2.04. The Hall–Kier alpha value is -0.220. The van der Waals surface area contributed by atoms with Crippen molar-refractivity contribution in [3.63, 3.8) is 0 Å². The molecule has 1 aliphatic carbocycles. The lowest BCUT2D eigenvalue weighted by atomic mass is 9.95.